The minimum Gasteiger partial charge on any atom is -0.349 e. The van der Waals surface area contributed by atoms with Gasteiger partial charge in [-0.05, 0) is 30.4 Å². The maximum atomic E-state index is 12.7. The second-order valence-electron chi connectivity index (χ2n) is 6.90. The molecule has 1 fully saturated rings. The van der Waals surface area contributed by atoms with Crippen LogP contribution in [-0.4, -0.2) is 38.8 Å². The monoisotopic (exact) mass is 406 g/mol. The first kappa shape index (κ1) is 20.5. The smallest absolute Gasteiger partial charge is 0.253 e. The summed E-state index contributed by atoms with van der Waals surface area (Å²) >= 11 is 12.2. The maximum absolute atomic E-state index is 12.7. The zero-order valence-electron chi connectivity index (χ0n) is 14.8. The van der Waals surface area contributed by atoms with Crippen LogP contribution in [0.4, 0.5) is 0 Å². The molecule has 1 amide bonds. The summed E-state index contributed by atoms with van der Waals surface area (Å²) in [5.74, 6) is 0.515. The molecule has 1 aromatic rings. The van der Waals surface area contributed by atoms with E-state index in [4.69, 9.17) is 23.2 Å². The van der Waals surface area contributed by atoms with Gasteiger partial charge in [0.05, 0.1) is 15.6 Å². The molecule has 1 aliphatic rings. The second kappa shape index (κ2) is 7.82. The highest BCUT2D eigenvalue weighted by molar-refractivity contribution is 7.89. The Labute approximate surface area is 159 Å². The van der Waals surface area contributed by atoms with Gasteiger partial charge in [0.25, 0.3) is 5.91 Å². The van der Waals surface area contributed by atoms with Crippen LogP contribution < -0.4 is 5.32 Å². The van der Waals surface area contributed by atoms with Gasteiger partial charge in [0.1, 0.15) is 4.90 Å². The number of nitrogens with one attached hydrogen (secondary N) is 1. The van der Waals surface area contributed by atoms with Crippen molar-refractivity contribution in [2.24, 2.45) is 11.8 Å². The van der Waals surface area contributed by atoms with Gasteiger partial charge >= 0.3 is 0 Å². The largest absolute Gasteiger partial charge is 0.349 e. The number of benzene rings is 1. The van der Waals surface area contributed by atoms with Crippen LogP contribution in [-0.2, 0) is 10.0 Å². The summed E-state index contributed by atoms with van der Waals surface area (Å²) in [6.07, 6.45) is 3.12. The van der Waals surface area contributed by atoms with Crippen LogP contribution in [0.2, 0.25) is 10.0 Å². The third-order valence-electron chi connectivity index (χ3n) is 5.05. The lowest BCUT2D eigenvalue weighted by molar-refractivity contribution is 0.0891. The van der Waals surface area contributed by atoms with Crippen LogP contribution in [0.15, 0.2) is 17.0 Å². The summed E-state index contributed by atoms with van der Waals surface area (Å²) in [5.41, 5.74) is 0.122. The zero-order chi connectivity index (χ0) is 18.9. The van der Waals surface area contributed by atoms with E-state index in [0.29, 0.717) is 11.8 Å². The number of carbonyl (C=O) groups excluding carboxylic acids is 1. The van der Waals surface area contributed by atoms with Crippen LogP contribution in [0.1, 0.15) is 43.5 Å². The van der Waals surface area contributed by atoms with Crippen LogP contribution in [0.5, 0.6) is 0 Å². The number of carbonyl (C=O) groups is 1. The highest BCUT2D eigenvalue weighted by Crippen LogP contribution is 2.32. The maximum Gasteiger partial charge on any atom is 0.253 e. The summed E-state index contributed by atoms with van der Waals surface area (Å²) in [6, 6.07) is 2.62. The quantitative estimate of drug-likeness (QED) is 0.826. The van der Waals surface area contributed by atoms with Gasteiger partial charge < -0.3 is 5.32 Å². The van der Waals surface area contributed by atoms with Crippen LogP contribution >= 0.6 is 23.2 Å². The Morgan fingerprint density at radius 2 is 1.80 bits per heavy atom. The minimum atomic E-state index is -3.77. The van der Waals surface area contributed by atoms with Crippen LogP contribution in [0.25, 0.3) is 0 Å². The van der Waals surface area contributed by atoms with E-state index in [0.717, 1.165) is 23.6 Å². The number of rotatable bonds is 4. The lowest BCUT2D eigenvalue weighted by Gasteiger charge is -2.34. The second-order valence-corrected chi connectivity index (χ2v) is 9.83. The molecule has 2 rings (SSSR count). The summed E-state index contributed by atoms with van der Waals surface area (Å²) < 4.78 is 25.8. The molecule has 140 valence electrons. The van der Waals surface area contributed by atoms with Crippen molar-refractivity contribution in [3.63, 3.8) is 0 Å². The molecule has 1 saturated carbocycles. The molecule has 0 bridgehead atoms. The molecule has 8 heteroatoms. The van der Waals surface area contributed by atoms with E-state index in [9.17, 15) is 13.2 Å². The first-order chi connectivity index (χ1) is 11.6. The van der Waals surface area contributed by atoms with Crippen molar-refractivity contribution in [1.82, 2.24) is 9.62 Å². The van der Waals surface area contributed by atoms with Crippen LogP contribution in [0, 0.1) is 11.8 Å². The van der Waals surface area contributed by atoms with E-state index < -0.39 is 10.0 Å². The van der Waals surface area contributed by atoms with E-state index >= 15 is 0 Å². The Kier molecular flexibility index (Phi) is 6.41. The average Bonchev–Trinajstić information content (AvgIpc) is 2.51. The summed E-state index contributed by atoms with van der Waals surface area (Å²) in [7, 11) is -0.955. The predicted octanol–water partition coefficient (Wildman–Crippen LogP) is 3.80. The van der Waals surface area contributed by atoms with Crippen molar-refractivity contribution in [3.8, 4) is 0 Å². The van der Waals surface area contributed by atoms with E-state index in [1.807, 2.05) is 0 Å². The molecule has 0 radical (unpaired) electrons. The first-order valence-electron chi connectivity index (χ1n) is 8.28. The topological polar surface area (TPSA) is 66.5 Å². The summed E-state index contributed by atoms with van der Waals surface area (Å²) in [6.45, 7) is 4.31. The zero-order valence-corrected chi connectivity index (χ0v) is 17.2. The fourth-order valence-corrected chi connectivity index (χ4v) is 4.86. The highest BCUT2D eigenvalue weighted by atomic mass is 35.5. The number of nitrogens with zero attached hydrogens (tertiary/aromatic N) is 1. The number of hydrogen-bond acceptors (Lipinski definition) is 3. The van der Waals surface area contributed by atoms with Crippen molar-refractivity contribution in [1.29, 1.82) is 0 Å². The molecule has 0 spiro atoms. The summed E-state index contributed by atoms with van der Waals surface area (Å²) in [4.78, 5) is 12.6. The van der Waals surface area contributed by atoms with Gasteiger partial charge in [0, 0.05) is 20.1 Å². The van der Waals surface area contributed by atoms with Gasteiger partial charge in [-0.15, -0.1) is 0 Å². The minimum absolute atomic E-state index is 0.00472. The Morgan fingerprint density at radius 3 is 2.40 bits per heavy atom. The fourth-order valence-electron chi connectivity index (χ4n) is 3.13. The van der Waals surface area contributed by atoms with E-state index in [-0.39, 0.29) is 32.5 Å². The Bertz CT molecular complexity index is 765. The van der Waals surface area contributed by atoms with E-state index in [1.54, 1.807) is 0 Å². The fraction of sp³-hybridized carbons (Fsp3) is 0.588. The molecule has 3 atom stereocenters. The molecule has 25 heavy (non-hydrogen) atoms. The van der Waals surface area contributed by atoms with E-state index in [1.165, 1.54) is 26.2 Å². The van der Waals surface area contributed by atoms with Gasteiger partial charge in [-0.3, -0.25) is 4.79 Å². The normalized spacial score (nSPS) is 24.4. The first-order valence-corrected chi connectivity index (χ1v) is 10.5. The Balaban J connectivity index is 2.34. The van der Waals surface area contributed by atoms with Gasteiger partial charge in [-0.2, -0.15) is 0 Å². The molecular weight excluding hydrogens is 383 g/mol. The summed E-state index contributed by atoms with van der Waals surface area (Å²) in [5, 5.41) is 3.14. The molecule has 0 aliphatic heterocycles. The number of halogens is 2. The molecule has 0 heterocycles. The number of sulfonamides is 1. The van der Waals surface area contributed by atoms with Gasteiger partial charge in [0.15, 0.2) is 0 Å². The molecular formula is C17H24Cl2N2O3S. The van der Waals surface area contributed by atoms with Crippen molar-refractivity contribution in [2.75, 3.05) is 14.1 Å². The molecule has 1 N–H and O–H groups in total. The van der Waals surface area contributed by atoms with Crippen molar-refractivity contribution < 1.29 is 13.2 Å². The Morgan fingerprint density at radius 1 is 1.16 bits per heavy atom. The molecule has 0 unspecified atom stereocenters. The van der Waals surface area contributed by atoms with Crippen molar-refractivity contribution in [2.45, 2.75) is 44.0 Å². The van der Waals surface area contributed by atoms with Gasteiger partial charge in [0.2, 0.25) is 10.0 Å². The number of amides is 1. The Hall–Kier alpha value is -0.820. The predicted molar refractivity (Wildman–Crippen MR) is 101 cm³/mol. The third-order valence-corrected chi connectivity index (χ3v) is 7.64. The third kappa shape index (κ3) is 4.30. The lowest BCUT2D eigenvalue weighted by Crippen LogP contribution is -2.43. The van der Waals surface area contributed by atoms with Gasteiger partial charge in [-0.1, -0.05) is 49.9 Å². The molecule has 1 aromatic carbocycles. The molecule has 0 saturated heterocycles. The molecule has 1 aliphatic carbocycles. The number of hydrogen-bond donors (Lipinski definition) is 1. The molecule has 0 aromatic heterocycles. The SMILES string of the molecule is C[C@@H]1[C@H](C)CCC[C@H]1NC(=O)c1cc(S(=O)(=O)N(C)C)c(Cl)cc1Cl. The standard InChI is InChI=1S/C17H24Cl2N2O3S/c1-10-6-5-7-15(11(10)2)20-17(22)12-8-16(14(19)9-13(12)18)25(23,24)21(3)4/h8-11,15H,5-7H2,1-4H3,(H,20,22)/t10-,11-,15-/m1/s1. The van der Waals surface area contributed by atoms with Crippen molar-refractivity contribution in [3.05, 3.63) is 27.7 Å². The van der Waals surface area contributed by atoms with Crippen molar-refractivity contribution >= 4 is 39.1 Å². The van der Waals surface area contributed by atoms with Crippen LogP contribution in [0.3, 0.4) is 0 Å². The average molecular weight is 407 g/mol. The molecule has 5 nitrogen and oxygen atoms in total. The van der Waals surface area contributed by atoms with E-state index in [2.05, 4.69) is 19.2 Å². The highest BCUT2D eigenvalue weighted by Gasteiger charge is 2.30. The lowest BCUT2D eigenvalue weighted by atomic mass is 9.78. The van der Waals surface area contributed by atoms with Gasteiger partial charge in [-0.25, -0.2) is 12.7 Å².